The molecule has 1 aromatic heterocycles. The first kappa shape index (κ1) is 15.5. The van der Waals surface area contributed by atoms with Crippen molar-refractivity contribution in [2.75, 3.05) is 18.4 Å². The van der Waals surface area contributed by atoms with Gasteiger partial charge in [-0.15, -0.1) is 11.3 Å². The van der Waals surface area contributed by atoms with Crippen LogP contribution in [0.4, 0.5) is 13.9 Å². The van der Waals surface area contributed by atoms with Crippen LogP contribution in [0.2, 0.25) is 0 Å². The monoisotopic (exact) mass is 337 g/mol. The number of thiazole rings is 1. The van der Waals surface area contributed by atoms with Gasteiger partial charge in [-0.05, 0) is 31.0 Å². The first-order valence-corrected chi connectivity index (χ1v) is 7.94. The van der Waals surface area contributed by atoms with Crippen LogP contribution in [-0.2, 0) is 0 Å². The van der Waals surface area contributed by atoms with Crippen molar-refractivity contribution in [2.24, 2.45) is 0 Å². The SMILES string of the molecule is O=C(Nc1nc(C(=O)N2CCCC2)cs1)c1ccc(F)c(F)c1. The van der Waals surface area contributed by atoms with E-state index in [4.69, 9.17) is 0 Å². The highest BCUT2D eigenvalue weighted by Gasteiger charge is 2.22. The van der Waals surface area contributed by atoms with Crippen LogP contribution in [-0.4, -0.2) is 34.8 Å². The zero-order valence-electron chi connectivity index (χ0n) is 12.0. The Balaban J connectivity index is 1.69. The second-order valence-corrected chi connectivity index (χ2v) is 5.98. The average Bonchev–Trinajstić information content (AvgIpc) is 3.20. The fourth-order valence-electron chi connectivity index (χ4n) is 2.32. The van der Waals surface area contributed by atoms with Gasteiger partial charge in [0.2, 0.25) is 0 Å². The molecule has 0 unspecified atom stereocenters. The summed E-state index contributed by atoms with van der Waals surface area (Å²) < 4.78 is 26.0. The standard InChI is InChI=1S/C15H13F2N3O2S/c16-10-4-3-9(7-11(10)17)13(21)19-15-18-12(8-23-15)14(22)20-5-1-2-6-20/h3-4,7-8H,1-2,5-6H2,(H,18,19,21). The molecule has 2 heterocycles. The van der Waals surface area contributed by atoms with Crippen molar-refractivity contribution in [3.05, 3.63) is 46.5 Å². The molecule has 2 aromatic rings. The van der Waals surface area contributed by atoms with Crippen molar-refractivity contribution in [3.63, 3.8) is 0 Å². The molecule has 1 fully saturated rings. The molecule has 120 valence electrons. The number of amides is 2. The summed E-state index contributed by atoms with van der Waals surface area (Å²) in [5, 5.41) is 4.29. The normalized spacial score (nSPS) is 14.1. The fourth-order valence-corrected chi connectivity index (χ4v) is 3.00. The number of hydrogen-bond donors (Lipinski definition) is 1. The van der Waals surface area contributed by atoms with E-state index >= 15 is 0 Å². The van der Waals surface area contributed by atoms with Gasteiger partial charge in [0.05, 0.1) is 0 Å². The number of nitrogens with one attached hydrogen (secondary N) is 1. The maximum atomic E-state index is 13.1. The van der Waals surface area contributed by atoms with Gasteiger partial charge in [-0.25, -0.2) is 13.8 Å². The Morgan fingerprint density at radius 1 is 1.17 bits per heavy atom. The Hall–Kier alpha value is -2.35. The third-order valence-electron chi connectivity index (χ3n) is 3.52. The number of carbonyl (C=O) groups is 2. The minimum atomic E-state index is -1.10. The van der Waals surface area contributed by atoms with E-state index in [9.17, 15) is 18.4 Å². The molecular formula is C15H13F2N3O2S. The number of benzene rings is 1. The molecule has 0 spiro atoms. The summed E-state index contributed by atoms with van der Waals surface area (Å²) in [5.41, 5.74) is 0.254. The zero-order valence-corrected chi connectivity index (χ0v) is 12.8. The molecule has 0 radical (unpaired) electrons. The number of rotatable bonds is 3. The number of aromatic nitrogens is 1. The molecule has 0 bridgehead atoms. The lowest BCUT2D eigenvalue weighted by Crippen LogP contribution is -2.27. The van der Waals surface area contributed by atoms with Crippen LogP contribution in [0.25, 0.3) is 0 Å². The molecule has 8 heteroatoms. The molecule has 3 rings (SSSR count). The molecule has 0 aliphatic carbocycles. The van der Waals surface area contributed by atoms with Gasteiger partial charge in [-0.3, -0.25) is 14.9 Å². The van der Waals surface area contributed by atoms with Gasteiger partial charge in [0.1, 0.15) is 5.69 Å². The van der Waals surface area contributed by atoms with Gasteiger partial charge in [-0.2, -0.15) is 0 Å². The van der Waals surface area contributed by atoms with E-state index in [1.54, 1.807) is 10.3 Å². The maximum Gasteiger partial charge on any atom is 0.273 e. The Morgan fingerprint density at radius 2 is 1.91 bits per heavy atom. The Labute approximate surface area is 134 Å². The first-order chi connectivity index (χ1) is 11.0. The maximum absolute atomic E-state index is 13.1. The van der Waals surface area contributed by atoms with Crippen LogP contribution < -0.4 is 5.32 Å². The van der Waals surface area contributed by atoms with Crippen LogP contribution in [0.15, 0.2) is 23.6 Å². The highest BCUT2D eigenvalue weighted by molar-refractivity contribution is 7.14. The predicted molar refractivity (Wildman–Crippen MR) is 81.6 cm³/mol. The molecule has 1 aromatic carbocycles. The topological polar surface area (TPSA) is 62.3 Å². The third-order valence-corrected chi connectivity index (χ3v) is 4.28. The zero-order chi connectivity index (χ0) is 16.4. The van der Waals surface area contributed by atoms with Crippen molar-refractivity contribution in [3.8, 4) is 0 Å². The Kier molecular flexibility index (Phi) is 4.33. The number of nitrogens with zero attached hydrogens (tertiary/aromatic N) is 2. The van der Waals surface area contributed by atoms with E-state index in [2.05, 4.69) is 10.3 Å². The summed E-state index contributed by atoms with van der Waals surface area (Å²) in [6.07, 6.45) is 1.96. The molecule has 1 aliphatic rings. The Morgan fingerprint density at radius 3 is 2.61 bits per heavy atom. The predicted octanol–water partition coefficient (Wildman–Crippen LogP) is 2.91. The van der Waals surface area contributed by atoms with Gasteiger partial charge >= 0.3 is 0 Å². The van der Waals surface area contributed by atoms with Crippen LogP contribution in [0.3, 0.4) is 0 Å². The van der Waals surface area contributed by atoms with Gasteiger partial charge in [0.25, 0.3) is 11.8 Å². The Bertz CT molecular complexity index is 757. The molecule has 0 saturated carbocycles. The van der Waals surface area contributed by atoms with E-state index in [-0.39, 0.29) is 22.3 Å². The van der Waals surface area contributed by atoms with Crippen LogP contribution in [0.5, 0.6) is 0 Å². The number of likely N-dealkylation sites (tertiary alicyclic amines) is 1. The molecule has 1 N–H and O–H groups in total. The molecular weight excluding hydrogens is 324 g/mol. The van der Waals surface area contributed by atoms with Crippen LogP contribution >= 0.6 is 11.3 Å². The molecule has 1 saturated heterocycles. The van der Waals surface area contributed by atoms with Crippen LogP contribution in [0.1, 0.15) is 33.7 Å². The molecule has 2 amide bonds. The minimum absolute atomic E-state index is 0.0217. The summed E-state index contributed by atoms with van der Waals surface area (Å²) in [5.74, 6) is -2.89. The van der Waals surface area contributed by atoms with Gasteiger partial charge in [0.15, 0.2) is 16.8 Å². The molecule has 0 atom stereocenters. The summed E-state index contributed by atoms with van der Waals surface area (Å²) in [6, 6.07) is 2.88. The summed E-state index contributed by atoms with van der Waals surface area (Å²) in [4.78, 5) is 30.0. The second kappa shape index (κ2) is 6.41. The average molecular weight is 337 g/mol. The summed E-state index contributed by atoms with van der Waals surface area (Å²) >= 11 is 1.11. The quantitative estimate of drug-likeness (QED) is 0.937. The summed E-state index contributed by atoms with van der Waals surface area (Å²) in [7, 11) is 0. The van der Waals surface area contributed by atoms with Gasteiger partial charge in [0, 0.05) is 24.0 Å². The van der Waals surface area contributed by atoms with E-state index in [0.717, 1.165) is 36.3 Å². The van der Waals surface area contributed by atoms with Gasteiger partial charge in [-0.1, -0.05) is 0 Å². The minimum Gasteiger partial charge on any atom is -0.337 e. The lowest BCUT2D eigenvalue weighted by molar-refractivity contribution is 0.0787. The van der Waals surface area contributed by atoms with E-state index in [1.165, 1.54) is 6.07 Å². The smallest absolute Gasteiger partial charge is 0.273 e. The highest BCUT2D eigenvalue weighted by Crippen LogP contribution is 2.20. The largest absolute Gasteiger partial charge is 0.337 e. The molecule has 23 heavy (non-hydrogen) atoms. The second-order valence-electron chi connectivity index (χ2n) is 5.12. The fraction of sp³-hybridized carbons (Fsp3) is 0.267. The number of halogens is 2. The third kappa shape index (κ3) is 3.37. The molecule has 1 aliphatic heterocycles. The van der Waals surface area contributed by atoms with E-state index < -0.39 is 17.5 Å². The number of anilines is 1. The van der Waals surface area contributed by atoms with Crippen molar-refractivity contribution in [1.82, 2.24) is 9.88 Å². The lowest BCUT2D eigenvalue weighted by atomic mass is 10.2. The van der Waals surface area contributed by atoms with Crippen molar-refractivity contribution >= 4 is 28.3 Å². The molecule has 5 nitrogen and oxygen atoms in total. The highest BCUT2D eigenvalue weighted by atomic mass is 32.1. The number of carbonyl (C=O) groups excluding carboxylic acids is 2. The lowest BCUT2D eigenvalue weighted by Gasteiger charge is -2.12. The summed E-state index contributed by atoms with van der Waals surface area (Å²) in [6.45, 7) is 1.43. The van der Waals surface area contributed by atoms with Gasteiger partial charge < -0.3 is 4.90 Å². The van der Waals surface area contributed by atoms with E-state index in [0.29, 0.717) is 13.1 Å². The number of hydrogen-bond acceptors (Lipinski definition) is 4. The van der Waals surface area contributed by atoms with Crippen molar-refractivity contribution < 1.29 is 18.4 Å². The van der Waals surface area contributed by atoms with Crippen molar-refractivity contribution in [1.29, 1.82) is 0 Å². The van der Waals surface area contributed by atoms with E-state index in [1.807, 2.05) is 0 Å². The van der Waals surface area contributed by atoms with Crippen LogP contribution in [0, 0.1) is 11.6 Å². The first-order valence-electron chi connectivity index (χ1n) is 7.06. The van der Waals surface area contributed by atoms with Crippen molar-refractivity contribution in [2.45, 2.75) is 12.8 Å².